The van der Waals surface area contributed by atoms with Crippen molar-refractivity contribution in [1.29, 1.82) is 0 Å². The number of rotatable bonds is 3. The van der Waals surface area contributed by atoms with Crippen LogP contribution in [-0.4, -0.2) is 33.7 Å². The lowest BCUT2D eigenvalue weighted by atomic mass is 9.99. The van der Waals surface area contributed by atoms with Crippen molar-refractivity contribution in [3.63, 3.8) is 0 Å². The average molecular weight is 283 g/mol. The highest BCUT2D eigenvalue weighted by molar-refractivity contribution is 5.94. The summed E-state index contributed by atoms with van der Waals surface area (Å²) in [7, 11) is 0. The summed E-state index contributed by atoms with van der Waals surface area (Å²) in [5.74, 6) is 0.763. The molecule has 1 aromatic heterocycles. The van der Waals surface area contributed by atoms with Gasteiger partial charge in [0.2, 0.25) is 0 Å². The van der Waals surface area contributed by atoms with E-state index in [1.807, 2.05) is 46.1 Å². The second-order valence-corrected chi connectivity index (χ2v) is 5.90. The van der Waals surface area contributed by atoms with Crippen molar-refractivity contribution in [2.24, 2.45) is 5.92 Å². The van der Waals surface area contributed by atoms with Crippen LogP contribution in [0.5, 0.6) is 0 Å². The van der Waals surface area contributed by atoms with E-state index in [9.17, 15) is 4.79 Å². The molecule has 21 heavy (non-hydrogen) atoms. The maximum atomic E-state index is 12.6. The fraction of sp³-hybridized carbons (Fsp3) is 0.412. The zero-order valence-corrected chi connectivity index (χ0v) is 12.4. The van der Waals surface area contributed by atoms with Crippen LogP contribution in [-0.2, 0) is 6.54 Å². The number of hydrogen-bond donors (Lipinski definition) is 0. The van der Waals surface area contributed by atoms with E-state index in [1.54, 1.807) is 6.20 Å². The zero-order valence-electron chi connectivity index (χ0n) is 12.4. The van der Waals surface area contributed by atoms with Crippen LogP contribution in [0.4, 0.5) is 0 Å². The van der Waals surface area contributed by atoms with Crippen LogP contribution in [0.15, 0.2) is 42.7 Å². The zero-order chi connectivity index (χ0) is 14.7. The molecular weight excluding hydrogens is 262 g/mol. The number of amides is 1. The van der Waals surface area contributed by atoms with Crippen LogP contribution in [0.25, 0.3) is 0 Å². The van der Waals surface area contributed by atoms with Crippen LogP contribution in [0.2, 0.25) is 0 Å². The Labute approximate surface area is 125 Å². The van der Waals surface area contributed by atoms with Crippen molar-refractivity contribution in [3.05, 3.63) is 53.9 Å². The molecule has 0 bridgehead atoms. The molecule has 0 unspecified atom stereocenters. The molecular formula is C17H21N3O. The number of hydrogen-bond acceptors (Lipinski definition) is 2. The van der Waals surface area contributed by atoms with Crippen molar-refractivity contribution in [3.8, 4) is 0 Å². The topological polar surface area (TPSA) is 38.1 Å². The monoisotopic (exact) mass is 283 g/mol. The van der Waals surface area contributed by atoms with E-state index in [-0.39, 0.29) is 5.91 Å². The van der Waals surface area contributed by atoms with Gasteiger partial charge in [0.1, 0.15) is 0 Å². The number of nitrogens with zero attached hydrogens (tertiary/aromatic N) is 3. The number of piperidine rings is 1. The summed E-state index contributed by atoms with van der Waals surface area (Å²) in [5.41, 5.74) is 1.89. The molecule has 0 saturated carbocycles. The summed E-state index contributed by atoms with van der Waals surface area (Å²) in [5, 5.41) is 4.21. The van der Waals surface area contributed by atoms with Crippen molar-refractivity contribution in [2.45, 2.75) is 26.3 Å². The summed E-state index contributed by atoms with van der Waals surface area (Å²) in [4.78, 5) is 14.6. The minimum absolute atomic E-state index is 0.156. The molecule has 3 rings (SSSR count). The number of likely N-dealkylation sites (tertiary alicyclic amines) is 1. The number of benzene rings is 1. The van der Waals surface area contributed by atoms with Crippen LogP contribution >= 0.6 is 0 Å². The highest BCUT2D eigenvalue weighted by atomic mass is 16.2. The van der Waals surface area contributed by atoms with Gasteiger partial charge in [-0.15, -0.1) is 0 Å². The Kier molecular flexibility index (Phi) is 4.04. The Morgan fingerprint density at radius 2 is 2.29 bits per heavy atom. The van der Waals surface area contributed by atoms with E-state index in [1.165, 1.54) is 6.42 Å². The summed E-state index contributed by atoms with van der Waals surface area (Å²) in [6, 6.07) is 9.80. The Bertz CT molecular complexity index is 606. The van der Waals surface area contributed by atoms with Crippen LogP contribution in [0.3, 0.4) is 0 Å². The molecule has 1 atom stereocenters. The quantitative estimate of drug-likeness (QED) is 0.868. The Morgan fingerprint density at radius 3 is 3.05 bits per heavy atom. The van der Waals surface area contributed by atoms with Crippen molar-refractivity contribution in [1.82, 2.24) is 14.7 Å². The molecule has 2 heterocycles. The molecule has 0 aliphatic carbocycles. The fourth-order valence-electron chi connectivity index (χ4n) is 2.94. The summed E-state index contributed by atoms with van der Waals surface area (Å²) >= 11 is 0. The van der Waals surface area contributed by atoms with Gasteiger partial charge in [0, 0.05) is 31.0 Å². The van der Waals surface area contributed by atoms with Gasteiger partial charge in [0.15, 0.2) is 0 Å². The Balaban J connectivity index is 1.74. The molecule has 1 saturated heterocycles. The largest absolute Gasteiger partial charge is 0.338 e. The van der Waals surface area contributed by atoms with Crippen molar-refractivity contribution >= 4 is 5.91 Å². The minimum atomic E-state index is 0.156. The van der Waals surface area contributed by atoms with E-state index < -0.39 is 0 Å². The van der Waals surface area contributed by atoms with Crippen molar-refractivity contribution < 1.29 is 4.79 Å². The van der Waals surface area contributed by atoms with Gasteiger partial charge in [-0.05, 0) is 42.5 Å². The van der Waals surface area contributed by atoms with E-state index >= 15 is 0 Å². The van der Waals surface area contributed by atoms with Gasteiger partial charge in [-0.1, -0.05) is 19.1 Å². The first kappa shape index (κ1) is 13.9. The van der Waals surface area contributed by atoms with Gasteiger partial charge >= 0.3 is 0 Å². The van der Waals surface area contributed by atoms with Crippen molar-refractivity contribution in [2.75, 3.05) is 13.1 Å². The maximum absolute atomic E-state index is 12.6. The Morgan fingerprint density at radius 1 is 1.38 bits per heavy atom. The molecule has 4 nitrogen and oxygen atoms in total. The standard InChI is InChI=1S/C17H21N3O/c1-14-5-3-9-19(12-14)17(21)16-7-2-6-15(11-16)13-20-10-4-8-18-20/h2,4,6-8,10-11,14H,3,5,9,12-13H2,1H3/t14-/m0/s1. The lowest BCUT2D eigenvalue weighted by molar-refractivity contribution is 0.0683. The molecule has 0 spiro atoms. The number of carbonyl (C=O) groups is 1. The van der Waals surface area contributed by atoms with Gasteiger partial charge < -0.3 is 4.90 Å². The maximum Gasteiger partial charge on any atom is 0.253 e. The predicted molar refractivity (Wildman–Crippen MR) is 82.1 cm³/mol. The van der Waals surface area contributed by atoms with E-state index in [0.717, 1.165) is 30.6 Å². The third-order valence-corrected chi connectivity index (χ3v) is 4.02. The van der Waals surface area contributed by atoms with Gasteiger partial charge in [0.05, 0.1) is 6.54 Å². The highest BCUT2D eigenvalue weighted by Crippen LogP contribution is 2.18. The molecule has 1 amide bonds. The fourth-order valence-corrected chi connectivity index (χ4v) is 2.94. The first-order valence-electron chi connectivity index (χ1n) is 7.58. The molecule has 4 heteroatoms. The summed E-state index contributed by atoms with van der Waals surface area (Å²) in [6.45, 7) is 4.67. The molecule has 1 aliphatic rings. The molecule has 1 aromatic carbocycles. The second-order valence-electron chi connectivity index (χ2n) is 5.90. The molecule has 1 fully saturated rings. The third-order valence-electron chi connectivity index (χ3n) is 4.02. The van der Waals surface area contributed by atoms with Gasteiger partial charge in [-0.25, -0.2) is 0 Å². The summed E-state index contributed by atoms with van der Waals surface area (Å²) in [6.07, 6.45) is 6.04. The molecule has 0 N–H and O–H groups in total. The normalized spacial score (nSPS) is 18.7. The van der Waals surface area contributed by atoms with E-state index in [4.69, 9.17) is 0 Å². The molecule has 1 aliphatic heterocycles. The third kappa shape index (κ3) is 3.32. The first-order valence-corrected chi connectivity index (χ1v) is 7.58. The highest BCUT2D eigenvalue weighted by Gasteiger charge is 2.22. The lowest BCUT2D eigenvalue weighted by Gasteiger charge is -2.31. The van der Waals surface area contributed by atoms with Gasteiger partial charge in [0.25, 0.3) is 5.91 Å². The Hall–Kier alpha value is -2.10. The molecule has 0 radical (unpaired) electrons. The molecule has 110 valence electrons. The van der Waals surface area contributed by atoms with E-state index in [2.05, 4.69) is 12.0 Å². The van der Waals surface area contributed by atoms with E-state index in [0.29, 0.717) is 12.5 Å². The SMILES string of the molecule is C[C@H]1CCCN(C(=O)c2cccc(Cn3cccn3)c2)C1. The number of aromatic nitrogens is 2. The summed E-state index contributed by atoms with van der Waals surface area (Å²) < 4.78 is 1.87. The second kappa shape index (κ2) is 6.12. The number of carbonyl (C=O) groups excluding carboxylic acids is 1. The van der Waals surface area contributed by atoms with Gasteiger partial charge in [-0.3, -0.25) is 9.48 Å². The smallest absolute Gasteiger partial charge is 0.253 e. The lowest BCUT2D eigenvalue weighted by Crippen LogP contribution is -2.39. The van der Waals surface area contributed by atoms with Crippen LogP contribution in [0.1, 0.15) is 35.7 Å². The van der Waals surface area contributed by atoms with Crippen LogP contribution in [0, 0.1) is 5.92 Å². The first-order chi connectivity index (χ1) is 10.2. The minimum Gasteiger partial charge on any atom is -0.338 e. The molecule has 2 aromatic rings. The van der Waals surface area contributed by atoms with Gasteiger partial charge in [-0.2, -0.15) is 5.10 Å². The van der Waals surface area contributed by atoms with Crippen LogP contribution < -0.4 is 0 Å². The predicted octanol–water partition coefficient (Wildman–Crippen LogP) is 2.80. The average Bonchev–Trinajstić information content (AvgIpc) is 3.00.